The highest BCUT2D eigenvalue weighted by Crippen LogP contribution is 2.23. The molecule has 0 saturated carbocycles. The number of imidazole rings is 1. The van der Waals surface area contributed by atoms with E-state index in [1.165, 1.54) is 5.57 Å². The number of rotatable bonds is 2. The normalized spacial score (nSPS) is 12.6. The summed E-state index contributed by atoms with van der Waals surface area (Å²) in [5.74, 6) is 0. The SMILES string of the molecule is CC(=Cc1c(Cl)nc2sccn12)CBr. The van der Waals surface area contributed by atoms with Gasteiger partial charge in [-0.2, -0.15) is 0 Å². The van der Waals surface area contributed by atoms with E-state index >= 15 is 0 Å². The van der Waals surface area contributed by atoms with Crippen LogP contribution in [0.15, 0.2) is 17.2 Å². The van der Waals surface area contributed by atoms with Crippen molar-refractivity contribution in [3.63, 3.8) is 0 Å². The molecular formula is C9H8BrClN2S. The number of nitrogens with zero attached hydrogens (tertiary/aromatic N) is 2. The van der Waals surface area contributed by atoms with Crippen LogP contribution in [0.5, 0.6) is 0 Å². The fourth-order valence-corrected chi connectivity index (χ4v) is 2.34. The number of fused-ring (bicyclic) bond motifs is 1. The second kappa shape index (κ2) is 4.04. The summed E-state index contributed by atoms with van der Waals surface area (Å²) < 4.78 is 2.00. The lowest BCUT2D eigenvalue weighted by Gasteiger charge is -1.94. The first-order valence-corrected chi connectivity index (χ1v) is 6.44. The van der Waals surface area contributed by atoms with Crippen LogP contribution in [0.1, 0.15) is 12.6 Å². The zero-order valence-corrected chi connectivity index (χ0v) is 10.7. The third-order valence-corrected chi connectivity index (χ3v) is 3.77. The standard InChI is InChI=1S/C9H8BrClN2S/c1-6(5-10)4-7-8(11)12-9-13(7)2-3-14-9/h2-4H,5H2,1H3. The highest BCUT2D eigenvalue weighted by molar-refractivity contribution is 9.09. The molecule has 0 bridgehead atoms. The van der Waals surface area contributed by atoms with Crippen molar-refractivity contribution in [2.75, 3.05) is 5.33 Å². The summed E-state index contributed by atoms with van der Waals surface area (Å²) >= 11 is 11.0. The van der Waals surface area contributed by atoms with Crippen LogP contribution in [0, 0.1) is 0 Å². The predicted octanol–water partition coefficient (Wildman–Crippen LogP) is 3.85. The molecule has 5 heteroatoms. The minimum atomic E-state index is 0.567. The van der Waals surface area contributed by atoms with Crippen molar-refractivity contribution in [3.05, 3.63) is 28.0 Å². The first-order valence-electron chi connectivity index (χ1n) is 4.06. The van der Waals surface area contributed by atoms with E-state index in [9.17, 15) is 0 Å². The molecule has 0 aliphatic heterocycles. The largest absolute Gasteiger partial charge is 0.289 e. The Morgan fingerprint density at radius 3 is 3.29 bits per heavy atom. The molecule has 0 aromatic carbocycles. The minimum Gasteiger partial charge on any atom is -0.289 e. The van der Waals surface area contributed by atoms with Crippen molar-refractivity contribution >= 4 is 49.9 Å². The summed E-state index contributed by atoms with van der Waals surface area (Å²) in [6, 6.07) is 0. The van der Waals surface area contributed by atoms with Crippen molar-refractivity contribution in [3.8, 4) is 0 Å². The molecule has 0 amide bonds. The Balaban J connectivity index is 2.59. The molecule has 2 aromatic rings. The molecule has 0 atom stereocenters. The van der Waals surface area contributed by atoms with Gasteiger partial charge in [-0.05, 0) is 13.0 Å². The van der Waals surface area contributed by atoms with Crippen molar-refractivity contribution in [1.29, 1.82) is 0 Å². The average molecular weight is 292 g/mol. The molecular weight excluding hydrogens is 284 g/mol. The van der Waals surface area contributed by atoms with Crippen molar-refractivity contribution in [2.24, 2.45) is 0 Å². The average Bonchev–Trinajstić information content (AvgIpc) is 2.70. The van der Waals surface area contributed by atoms with Crippen LogP contribution in [0.4, 0.5) is 0 Å². The van der Waals surface area contributed by atoms with E-state index in [0.29, 0.717) is 5.15 Å². The number of halogens is 2. The van der Waals surface area contributed by atoms with Crippen molar-refractivity contribution in [1.82, 2.24) is 9.38 Å². The number of thiazole rings is 1. The summed E-state index contributed by atoms with van der Waals surface area (Å²) in [6.45, 7) is 2.05. The van der Waals surface area contributed by atoms with Gasteiger partial charge in [0, 0.05) is 16.9 Å². The van der Waals surface area contributed by atoms with Gasteiger partial charge in [0.2, 0.25) is 0 Å². The Hall–Kier alpha value is -0.320. The zero-order valence-electron chi connectivity index (χ0n) is 7.50. The third-order valence-electron chi connectivity index (χ3n) is 1.85. The monoisotopic (exact) mass is 290 g/mol. The van der Waals surface area contributed by atoms with Crippen LogP contribution in [-0.2, 0) is 0 Å². The van der Waals surface area contributed by atoms with Crippen LogP contribution in [-0.4, -0.2) is 14.7 Å². The van der Waals surface area contributed by atoms with Crippen LogP contribution in [0.2, 0.25) is 5.15 Å². The lowest BCUT2D eigenvalue weighted by molar-refractivity contribution is 1.20. The first kappa shape index (κ1) is 10.2. The van der Waals surface area contributed by atoms with Gasteiger partial charge in [-0.1, -0.05) is 33.1 Å². The molecule has 2 rings (SSSR count). The molecule has 2 nitrogen and oxygen atoms in total. The van der Waals surface area contributed by atoms with E-state index in [0.717, 1.165) is 16.0 Å². The summed E-state index contributed by atoms with van der Waals surface area (Å²) in [6.07, 6.45) is 4.02. The quantitative estimate of drug-likeness (QED) is 0.768. The fraction of sp³-hybridized carbons (Fsp3) is 0.222. The Kier molecular flexibility index (Phi) is 2.95. The number of alkyl halides is 1. The van der Waals surface area contributed by atoms with Crippen molar-refractivity contribution in [2.45, 2.75) is 6.92 Å². The van der Waals surface area contributed by atoms with E-state index in [1.807, 2.05) is 22.1 Å². The summed E-state index contributed by atoms with van der Waals surface area (Å²) in [5.41, 5.74) is 2.18. The fourth-order valence-electron chi connectivity index (χ4n) is 1.18. The Morgan fingerprint density at radius 2 is 2.57 bits per heavy atom. The molecule has 0 unspecified atom stereocenters. The molecule has 0 fully saturated rings. The van der Waals surface area contributed by atoms with Gasteiger partial charge in [0.25, 0.3) is 0 Å². The third kappa shape index (κ3) is 1.74. The smallest absolute Gasteiger partial charge is 0.195 e. The molecule has 0 N–H and O–H groups in total. The van der Waals surface area contributed by atoms with Gasteiger partial charge >= 0.3 is 0 Å². The van der Waals surface area contributed by atoms with Crippen LogP contribution in [0.25, 0.3) is 11.0 Å². The van der Waals surface area contributed by atoms with Gasteiger partial charge in [0.1, 0.15) is 0 Å². The Morgan fingerprint density at radius 1 is 1.79 bits per heavy atom. The van der Waals surface area contributed by atoms with E-state index in [4.69, 9.17) is 11.6 Å². The van der Waals surface area contributed by atoms with Crippen LogP contribution in [0.3, 0.4) is 0 Å². The summed E-state index contributed by atoms with van der Waals surface area (Å²) in [5, 5.41) is 3.41. The molecule has 0 aliphatic rings. The van der Waals surface area contributed by atoms with Gasteiger partial charge in [-0.15, -0.1) is 11.3 Å². The minimum absolute atomic E-state index is 0.567. The van der Waals surface area contributed by atoms with E-state index in [-0.39, 0.29) is 0 Å². The van der Waals surface area contributed by atoms with Crippen LogP contribution >= 0.6 is 38.9 Å². The molecule has 0 aliphatic carbocycles. The maximum Gasteiger partial charge on any atom is 0.195 e. The van der Waals surface area contributed by atoms with E-state index < -0.39 is 0 Å². The van der Waals surface area contributed by atoms with Crippen molar-refractivity contribution < 1.29 is 0 Å². The molecule has 0 saturated heterocycles. The highest BCUT2D eigenvalue weighted by Gasteiger charge is 2.08. The molecule has 74 valence electrons. The highest BCUT2D eigenvalue weighted by atomic mass is 79.9. The topological polar surface area (TPSA) is 17.3 Å². The molecule has 14 heavy (non-hydrogen) atoms. The maximum atomic E-state index is 6.02. The predicted molar refractivity (Wildman–Crippen MR) is 65.5 cm³/mol. The zero-order chi connectivity index (χ0) is 10.1. The van der Waals surface area contributed by atoms with Gasteiger partial charge in [-0.3, -0.25) is 4.40 Å². The number of allylic oxidation sites excluding steroid dienone is 1. The first-order chi connectivity index (χ1) is 6.72. The lowest BCUT2D eigenvalue weighted by atomic mass is 10.3. The van der Waals surface area contributed by atoms with Gasteiger partial charge in [0.05, 0.1) is 5.69 Å². The lowest BCUT2D eigenvalue weighted by Crippen LogP contribution is -1.84. The molecule has 0 spiro atoms. The summed E-state index contributed by atoms with van der Waals surface area (Å²) in [7, 11) is 0. The molecule has 0 radical (unpaired) electrons. The number of aromatic nitrogens is 2. The Bertz CT molecular complexity index is 486. The van der Waals surface area contributed by atoms with E-state index in [2.05, 4.69) is 27.8 Å². The maximum absolute atomic E-state index is 6.02. The number of hydrogen-bond donors (Lipinski definition) is 0. The molecule has 2 aromatic heterocycles. The van der Waals surface area contributed by atoms with Crippen LogP contribution < -0.4 is 0 Å². The Labute approximate surface area is 99.4 Å². The van der Waals surface area contributed by atoms with Gasteiger partial charge < -0.3 is 0 Å². The molecule has 2 heterocycles. The van der Waals surface area contributed by atoms with E-state index in [1.54, 1.807) is 11.3 Å². The number of hydrogen-bond acceptors (Lipinski definition) is 2. The second-order valence-electron chi connectivity index (χ2n) is 2.97. The van der Waals surface area contributed by atoms with Gasteiger partial charge in [0.15, 0.2) is 10.1 Å². The summed E-state index contributed by atoms with van der Waals surface area (Å²) in [4.78, 5) is 5.18. The second-order valence-corrected chi connectivity index (χ2v) is 4.76. The van der Waals surface area contributed by atoms with Gasteiger partial charge in [-0.25, -0.2) is 4.98 Å².